The van der Waals surface area contributed by atoms with Gasteiger partial charge in [0.05, 0.1) is 0 Å². The van der Waals surface area contributed by atoms with E-state index in [1.54, 1.807) is 0 Å². The number of hydrogen-bond donors (Lipinski definition) is 1. The van der Waals surface area contributed by atoms with Gasteiger partial charge in [-0.3, -0.25) is 4.90 Å². The molecule has 1 aliphatic heterocycles. The highest BCUT2D eigenvalue weighted by atomic mass is 15.3. The van der Waals surface area contributed by atoms with Crippen LogP contribution in [0.5, 0.6) is 0 Å². The molecule has 0 aromatic rings. The molecule has 1 atom stereocenters. The zero-order valence-corrected chi connectivity index (χ0v) is 9.97. The third kappa shape index (κ3) is 1.83. The maximum Gasteiger partial charge on any atom is 0.0309 e. The van der Waals surface area contributed by atoms with E-state index in [4.69, 9.17) is 0 Å². The van der Waals surface area contributed by atoms with Gasteiger partial charge in [0, 0.05) is 30.7 Å². The SMILES string of the molecule is CCC1CNC2(CCCC2)CN1C1CC1. The van der Waals surface area contributed by atoms with E-state index in [-0.39, 0.29) is 0 Å². The minimum Gasteiger partial charge on any atom is -0.308 e. The number of nitrogens with one attached hydrogen (secondary N) is 1. The molecule has 2 heteroatoms. The molecule has 2 aliphatic carbocycles. The highest BCUT2D eigenvalue weighted by Gasteiger charge is 2.44. The first-order valence-corrected chi connectivity index (χ1v) is 6.84. The standard InChI is InChI=1S/C13H24N2/c1-2-11-9-14-13(7-3-4-8-13)10-15(11)12-5-6-12/h11-12,14H,2-10H2,1H3. The van der Waals surface area contributed by atoms with Crippen LogP contribution in [-0.2, 0) is 0 Å². The van der Waals surface area contributed by atoms with E-state index in [0.717, 1.165) is 12.1 Å². The van der Waals surface area contributed by atoms with E-state index in [2.05, 4.69) is 17.1 Å². The van der Waals surface area contributed by atoms with Crippen molar-refractivity contribution in [3.8, 4) is 0 Å². The van der Waals surface area contributed by atoms with Gasteiger partial charge < -0.3 is 5.32 Å². The summed E-state index contributed by atoms with van der Waals surface area (Å²) in [7, 11) is 0. The summed E-state index contributed by atoms with van der Waals surface area (Å²) in [6.45, 7) is 4.93. The Morgan fingerprint density at radius 2 is 2.00 bits per heavy atom. The van der Waals surface area contributed by atoms with Gasteiger partial charge in [0.2, 0.25) is 0 Å². The van der Waals surface area contributed by atoms with Gasteiger partial charge in [-0.2, -0.15) is 0 Å². The van der Waals surface area contributed by atoms with Crippen LogP contribution in [0.3, 0.4) is 0 Å². The van der Waals surface area contributed by atoms with Crippen molar-refractivity contribution in [3.63, 3.8) is 0 Å². The first kappa shape index (κ1) is 10.1. The number of nitrogens with zero attached hydrogens (tertiary/aromatic N) is 1. The Morgan fingerprint density at radius 1 is 1.27 bits per heavy atom. The Balaban J connectivity index is 1.71. The third-order valence-corrected chi connectivity index (χ3v) is 4.71. The molecule has 0 bridgehead atoms. The maximum absolute atomic E-state index is 3.87. The molecule has 15 heavy (non-hydrogen) atoms. The summed E-state index contributed by atoms with van der Waals surface area (Å²) in [5.74, 6) is 0. The lowest BCUT2D eigenvalue weighted by atomic mass is 9.91. The molecule has 1 saturated heterocycles. The minimum absolute atomic E-state index is 0.522. The summed E-state index contributed by atoms with van der Waals surface area (Å²) in [6, 6.07) is 1.78. The first-order chi connectivity index (χ1) is 7.33. The van der Waals surface area contributed by atoms with Gasteiger partial charge in [-0.1, -0.05) is 19.8 Å². The molecule has 1 N–H and O–H groups in total. The molecule has 1 unspecified atom stereocenters. The summed E-state index contributed by atoms with van der Waals surface area (Å²) >= 11 is 0. The van der Waals surface area contributed by atoms with Gasteiger partial charge in [-0.25, -0.2) is 0 Å². The average molecular weight is 208 g/mol. The smallest absolute Gasteiger partial charge is 0.0309 e. The van der Waals surface area contributed by atoms with E-state index in [1.165, 1.54) is 58.0 Å². The lowest BCUT2D eigenvalue weighted by Gasteiger charge is -2.46. The quantitative estimate of drug-likeness (QED) is 0.748. The van der Waals surface area contributed by atoms with Crippen LogP contribution in [0.1, 0.15) is 51.9 Å². The van der Waals surface area contributed by atoms with Crippen molar-refractivity contribution in [1.82, 2.24) is 10.2 Å². The second-order valence-electron chi connectivity index (χ2n) is 5.83. The fourth-order valence-electron chi connectivity index (χ4n) is 3.58. The van der Waals surface area contributed by atoms with Crippen LogP contribution in [-0.4, -0.2) is 35.6 Å². The second kappa shape index (κ2) is 3.74. The Kier molecular flexibility index (Phi) is 2.52. The molecule has 2 nitrogen and oxygen atoms in total. The van der Waals surface area contributed by atoms with Gasteiger partial charge in [-0.15, -0.1) is 0 Å². The number of rotatable bonds is 2. The molecular weight excluding hydrogens is 184 g/mol. The first-order valence-electron chi connectivity index (χ1n) is 6.84. The molecule has 0 aromatic carbocycles. The van der Waals surface area contributed by atoms with E-state index >= 15 is 0 Å². The van der Waals surface area contributed by atoms with E-state index in [1.807, 2.05) is 0 Å². The van der Waals surface area contributed by atoms with Gasteiger partial charge >= 0.3 is 0 Å². The molecular formula is C13H24N2. The van der Waals surface area contributed by atoms with Gasteiger partial charge in [-0.05, 0) is 32.1 Å². The van der Waals surface area contributed by atoms with E-state index < -0.39 is 0 Å². The molecule has 0 aromatic heterocycles. The van der Waals surface area contributed by atoms with E-state index in [0.29, 0.717) is 5.54 Å². The average Bonchev–Trinajstić information content (AvgIpc) is 3.02. The molecule has 0 radical (unpaired) electrons. The maximum atomic E-state index is 3.87. The van der Waals surface area contributed by atoms with Crippen molar-refractivity contribution in [2.24, 2.45) is 0 Å². The van der Waals surface area contributed by atoms with Crippen molar-refractivity contribution < 1.29 is 0 Å². The normalized spacial score (nSPS) is 36.2. The Hall–Kier alpha value is -0.0800. The Labute approximate surface area is 93.4 Å². The van der Waals surface area contributed by atoms with Crippen LogP contribution in [0.2, 0.25) is 0 Å². The minimum atomic E-state index is 0.522. The second-order valence-corrected chi connectivity index (χ2v) is 5.83. The molecule has 1 spiro atoms. The highest BCUT2D eigenvalue weighted by molar-refractivity contribution is 5.04. The summed E-state index contributed by atoms with van der Waals surface area (Å²) < 4.78 is 0. The Bertz CT molecular complexity index is 229. The Morgan fingerprint density at radius 3 is 2.60 bits per heavy atom. The predicted molar refractivity (Wildman–Crippen MR) is 63.0 cm³/mol. The molecule has 86 valence electrons. The highest BCUT2D eigenvalue weighted by Crippen LogP contribution is 2.38. The van der Waals surface area contributed by atoms with Crippen molar-refractivity contribution in [2.45, 2.75) is 69.5 Å². The largest absolute Gasteiger partial charge is 0.308 e. The van der Waals surface area contributed by atoms with Crippen LogP contribution in [0, 0.1) is 0 Å². The van der Waals surface area contributed by atoms with E-state index in [9.17, 15) is 0 Å². The lowest BCUT2D eigenvalue weighted by Crippen LogP contribution is -2.63. The topological polar surface area (TPSA) is 15.3 Å². The summed E-state index contributed by atoms with van der Waals surface area (Å²) in [4.78, 5) is 2.84. The zero-order chi connectivity index (χ0) is 10.3. The molecule has 3 aliphatic rings. The molecule has 3 fully saturated rings. The van der Waals surface area contributed by atoms with Gasteiger partial charge in [0.15, 0.2) is 0 Å². The van der Waals surface area contributed by atoms with Crippen LogP contribution in [0.4, 0.5) is 0 Å². The van der Waals surface area contributed by atoms with Crippen LogP contribution < -0.4 is 5.32 Å². The zero-order valence-electron chi connectivity index (χ0n) is 9.97. The monoisotopic (exact) mass is 208 g/mol. The number of hydrogen-bond acceptors (Lipinski definition) is 2. The van der Waals surface area contributed by atoms with Gasteiger partial charge in [0.25, 0.3) is 0 Å². The van der Waals surface area contributed by atoms with Crippen molar-refractivity contribution in [2.75, 3.05) is 13.1 Å². The number of piperazine rings is 1. The predicted octanol–water partition coefficient (Wildman–Crippen LogP) is 2.15. The molecule has 3 rings (SSSR count). The summed E-state index contributed by atoms with van der Waals surface area (Å²) in [5.41, 5.74) is 0.522. The van der Waals surface area contributed by atoms with Crippen LogP contribution in [0.25, 0.3) is 0 Å². The third-order valence-electron chi connectivity index (χ3n) is 4.71. The van der Waals surface area contributed by atoms with Crippen molar-refractivity contribution in [3.05, 3.63) is 0 Å². The van der Waals surface area contributed by atoms with Crippen LogP contribution >= 0.6 is 0 Å². The van der Waals surface area contributed by atoms with Gasteiger partial charge in [0.1, 0.15) is 0 Å². The molecule has 1 heterocycles. The summed E-state index contributed by atoms with van der Waals surface area (Å²) in [6.07, 6.45) is 9.99. The van der Waals surface area contributed by atoms with Crippen molar-refractivity contribution >= 4 is 0 Å². The molecule has 0 amide bonds. The summed E-state index contributed by atoms with van der Waals surface area (Å²) in [5, 5.41) is 3.87. The lowest BCUT2D eigenvalue weighted by molar-refractivity contribution is 0.0713. The fourth-order valence-corrected chi connectivity index (χ4v) is 3.58. The molecule has 2 saturated carbocycles. The van der Waals surface area contributed by atoms with Crippen molar-refractivity contribution in [1.29, 1.82) is 0 Å². The van der Waals surface area contributed by atoms with Crippen LogP contribution in [0.15, 0.2) is 0 Å². The fraction of sp³-hybridized carbons (Fsp3) is 1.00.